The Hall–Kier alpha value is 0.301. The third kappa shape index (κ3) is 13.9. The summed E-state index contributed by atoms with van der Waals surface area (Å²) < 4.78 is 0. The summed E-state index contributed by atoms with van der Waals surface area (Å²) in [5, 5.41) is 2.76. The van der Waals surface area contributed by atoms with Gasteiger partial charge in [0, 0.05) is 0 Å². The van der Waals surface area contributed by atoms with Crippen LogP contribution in [0.1, 0.15) is 31.9 Å². The van der Waals surface area contributed by atoms with Gasteiger partial charge in [-0.05, 0) is 0 Å². The van der Waals surface area contributed by atoms with Crippen LogP contribution >= 0.6 is 0 Å². The summed E-state index contributed by atoms with van der Waals surface area (Å²) in [6.45, 7) is 14.4. The molecule has 0 radical (unpaired) electrons. The van der Waals surface area contributed by atoms with E-state index < -0.39 is 0 Å². The van der Waals surface area contributed by atoms with Crippen molar-refractivity contribution in [2.75, 3.05) is 0 Å². The van der Waals surface area contributed by atoms with E-state index in [2.05, 4.69) is 76.4 Å². The minimum atomic E-state index is -0.250. The molecule has 0 unspecified atom stereocenters. The Bertz CT molecular complexity index is 549. The second-order valence-corrected chi connectivity index (χ2v) is 13.0. The zero-order chi connectivity index (χ0) is 15.9. The van der Waals surface area contributed by atoms with Gasteiger partial charge in [0.1, 0.15) is 0 Å². The normalized spacial score (nSPS) is 9.36. The van der Waals surface area contributed by atoms with Crippen LogP contribution in [0.15, 0.2) is 30.3 Å². The van der Waals surface area contributed by atoms with Gasteiger partial charge in [-0.25, -0.2) is 0 Å². The maximum Gasteiger partial charge on any atom is -0.0576 e. The molecule has 0 aromatic heterocycles. The molecule has 1 N–H and O–H groups in total. The summed E-state index contributed by atoms with van der Waals surface area (Å²) in [5.41, 5.74) is 9.50. The minimum absolute atomic E-state index is 0. The van der Waals surface area contributed by atoms with Crippen LogP contribution in [0, 0.1) is 13.8 Å². The number of aryl methyl sites for hydroxylation is 2. The number of hydrogen-bond acceptors (Lipinski definition) is 0. The van der Waals surface area contributed by atoms with Gasteiger partial charge in [0.25, 0.3) is 0 Å². The quantitative estimate of drug-likeness (QED) is 0.439. The number of halogens is 2. The van der Waals surface area contributed by atoms with E-state index in [4.69, 9.17) is 5.73 Å². The average Bonchev–Trinajstić information content (AvgIpc) is 2.52. The van der Waals surface area contributed by atoms with Gasteiger partial charge in [0.15, 0.2) is 0 Å². The van der Waals surface area contributed by atoms with E-state index in [9.17, 15) is 0 Å². The predicted octanol–water partition coefficient (Wildman–Crippen LogP) is -0.195. The molecule has 0 saturated carbocycles. The molecule has 0 spiro atoms. The summed E-state index contributed by atoms with van der Waals surface area (Å²) in [6, 6.07) is 10.8. The fourth-order valence-corrected chi connectivity index (χ4v) is 1.52. The minimum Gasteiger partial charge on any atom is -1.00 e. The molecular formula is C17H27Cl2NSiTi-2. The molecule has 1 nitrogen and oxygen atoms in total. The maximum atomic E-state index is 6.94. The van der Waals surface area contributed by atoms with Gasteiger partial charge in [0.05, 0.1) is 0 Å². The fraction of sp³-hybridized carbons (Fsp3) is 0.471. The molecule has 0 fully saturated rings. The van der Waals surface area contributed by atoms with E-state index in [0.29, 0.717) is 0 Å². The maximum absolute atomic E-state index is 6.94. The topological polar surface area (TPSA) is 23.8 Å². The second kappa shape index (κ2) is 12.7. The fourth-order valence-electron chi connectivity index (χ4n) is 1.52. The molecule has 22 heavy (non-hydrogen) atoms. The van der Waals surface area contributed by atoms with E-state index in [1.54, 1.807) is 0 Å². The average molecular weight is 392 g/mol. The Morgan fingerprint density at radius 1 is 1.05 bits per heavy atom. The van der Waals surface area contributed by atoms with Crippen LogP contribution in [0.3, 0.4) is 0 Å². The number of nitrogens with one attached hydrogen (secondary N) is 1. The Balaban J connectivity index is -0.000000284. The van der Waals surface area contributed by atoms with E-state index >= 15 is 0 Å². The smallest absolute Gasteiger partial charge is 0.0576 e. The first-order chi connectivity index (χ1) is 9.02. The predicted molar refractivity (Wildman–Crippen MR) is 90.6 cm³/mol. The summed E-state index contributed by atoms with van der Waals surface area (Å²) in [7, 11) is 0. The van der Waals surface area contributed by atoms with Gasteiger partial charge in [-0.15, -0.1) is 46.1 Å². The molecule has 2 aromatic rings. The standard InChI is InChI=1S/C11H11.C4H10N.C2H6Si.2ClH.Ti/c1-8-7-10-5-3-4-6-11(10)9(8)2;1-4(2,3)5;1-3-2;;;/h3-7H,1-2H3;5H,1-3H3;1-2H3;2*1H;/q2*-1;;;;+2/p-2. The molecule has 0 aliphatic heterocycles. The van der Waals surface area contributed by atoms with Crippen LogP contribution in [0.4, 0.5) is 0 Å². The molecule has 2 rings (SSSR count). The number of benzene rings is 1. The zero-order valence-corrected chi connectivity index (χ0v) is 18.7. The van der Waals surface area contributed by atoms with E-state index in [1.807, 2.05) is 20.8 Å². The van der Waals surface area contributed by atoms with Gasteiger partial charge in [-0.2, -0.15) is 5.56 Å². The first kappa shape index (κ1) is 27.2. The third-order valence-corrected chi connectivity index (χ3v) is 2.33. The molecular weight excluding hydrogens is 365 g/mol. The van der Waals surface area contributed by atoms with Crippen molar-refractivity contribution >= 4 is 17.0 Å². The van der Waals surface area contributed by atoms with Gasteiger partial charge in [-0.3, -0.25) is 0 Å². The summed E-state index contributed by atoms with van der Waals surface area (Å²) >= 11 is 2.27. The molecule has 0 atom stereocenters. The SMILES string of the molecule is CC(C)(C)[NH-].C[Si](C)=[Ti+2].Cc1[cH-]c2ccccc2c1C.[Cl-].[Cl-]. The molecule has 0 bridgehead atoms. The van der Waals surface area contributed by atoms with Crippen molar-refractivity contribution in [1.29, 1.82) is 0 Å². The van der Waals surface area contributed by atoms with Crippen molar-refractivity contribution in [3.8, 4) is 0 Å². The van der Waals surface area contributed by atoms with Crippen molar-refractivity contribution in [2.24, 2.45) is 0 Å². The zero-order valence-electron chi connectivity index (χ0n) is 14.6. The van der Waals surface area contributed by atoms with E-state index in [0.717, 1.165) is 0 Å². The van der Waals surface area contributed by atoms with Crippen molar-refractivity contribution < 1.29 is 44.0 Å². The summed E-state index contributed by atoms with van der Waals surface area (Å²) in [6.07, 6.45) is 0.120. The van der Waals surface area contributed by atoms with Crippen LogP contribution in [0.2, 0.25) is 13.1 Å². The molecule has 0 aliphatic carbocycles. The van der Waals surface area contributed by atoms with Crippen LogP contribution in [0.5, 0.6) is 0 Å². The van der Waals surface area contributed by atoms with Gasteiger partial charge in [-0.1, -0.05) is 40.7 Å². The molecule has 0 heterocycles. The largest absolute Gasteiger partial charge is 1.00 e. The van der Waals surface area contributed by atoms with Gasteiger partial charge in [0.2, 0.25) is 0 Å². The molecule has 0 amide bonds. The Morgan fingerprint density at radius 2 is 1.41 bits per heavy atom. The molecule has 2 aromatic carbocycles. The van der Waals surface area contributed by atoms with Gasteiger partial charge >= 0.3 is 38.5 Å². The Morgan fingerprint density at radius 3 is 1.77 bits per heavy atom. The third-order valence-electron chi connectivity index (χ3n) is 2.33. The van der Waals surface area contributed by atoms with E-state index in [-0.39, 0.29) is 36.5 Å². The van der Waals surface area contributed by atoms with Crippen LogP contribution in [-0.4, -0.2) is 11.7 Å². The van der Waals surface area contributed by atoms with Crippen LogP contribution in [0.25, 0.3) is 16.5 Å². The monoisotopic (exact) mass is 391 g/mol. The van der Waals surface area contributed by atoms with Crippen molar-refractivity contribution in [3.63, 3.8) is 0 Å². The van der Waals surface area contributed by atoms with Crippen molar-refractivity contribution in [1.82, 2.24) is 0 Å². The summed E-state index contributed by atoms with van der Waals surface area (Å²) in [5.74, 6) is 0. The first-order valence-electron chi connectivity index (χ1n) is 6.90. The number of hydrogen-bond donors (Lipinski definition) is 0. The first-order valence-corrected chi connectivity index (χ1v) is 11.7. The molecule has 0 saturated heterocycles. The van der Waals surface area contributed by atoms with Crippen molar-refractivity contribution in [3.05, 3.63) is 47.2 Å². The number of fused-ring (bicyclic) bond motifs is 1. The second-order valence-electron chi connectivity index (χ2n) is 6.29. The number of rotatable bonds is 0. The van der Waals surface area contributed by atoms with Crippen LogP contribution < -0.4 is 24.8 Å². The Labute approximate surface area is 160 Å². The van der Waals surface area contributed by atoms with Crippen molar-refractivity contribution in [2.45, 2.75) is 53.3 Å². The van der Waals surface area contributed by atoms with Gasteiger partial charge < -0.3 is 30.5 Å². The molecule has 0 aliphatic rings. The van der Waals surface area contributed by atoms with Crippen LogP contribution in [-0.2, 0) is 19.2 Å². The molecule has 5 heteroatoms. The van der Waals surface area contributed by atoms with E-state index in [1.165, 1.54) is 21.9 Å². The molecule has 124 valence electrons. The summed E-state index contributed by atoms with van der Waals surface area (Å²) in [4.78, 5) is 0. The Kier molecular flexibility index (Phi) is 15.7.